The monoisotopic (exact) mass is 490 g/mol. The van der Waals surface area contributed by atoms with E-state index in [1.165, 1.54) is 0 Å². The lowest BCUT2D eigenvalue weighted by molar-refractivity contribution is -0.577. The molecule has 6 rings (SSSR count). The Morgan fingerprint density at radius 1 is 1.11 bits per heavy atom. The van der Waals surface area contributed by atoms with Crippen molar-refractivity contribution >= 4 is 5.97 Å². The van der Waals surface area contributed by atoms with Crippen LogP contribution < -0.4 is 4.74 Å². The molecule has 5 aliphatic rings. The van der Waals surface area contributed by atoms with E-state index in [0.717, 1.165) is 31.2 Å². The summed E-state index contributed by atoms with van der Waals surface area (Å²) in [6.07, 6.45) is 2.42. The Labute approximate surface area is 207 Å². The van der Waals surface area contributed by atoms with Crippen molar-refractivity contribution in [1.82, 2.24) is 0 Å². The van der Waals surface area contributed by atoms with Gasteiger partial charge in [-0.15, -0.1) is 0 Å². The number of fused-ring (bicyclic) bond motifs is 2. The van der Waals surface area contributed by atoms with E-state index in [9.17, 15) is 4.79 Å². The quantitative estimate of drug-likeness (QED) is 0.400. The average Bonchev–Trinajstić information content (AvgIpc) is 3.07. The summed E-state index contributed by atoms with van der Waals surface area (Å²) in [4.78, 5) is 23.9. The molecule has 35 heavy (non-hydrogen) atoms. The number of esters is 1. The molecule has 8 nitrogen and oxygen atoms in total. The predicted molar refractivity (Wildman–Crippen MR) is 125 cm³/mol. The van der Waals surface area contributed by atoms with Crippen molar-refractivity contribution in [1.29, 1.82) is 0 Å². The van der Waals surface area contributed by atoms with Crippen LogP contribution in [-0.2, 0) is 40.1 Å². The van der Waals surface area contributed by atoms with Crippen molar-refractivity contribution in [3.05, 3.63) is 29.8 Å². The topological polar surface area (TPSA) is 81.7 Å². The van der Waals surface area contributed by atoms with Crippen molar-refractivity contribution in [3.8, 4) is 5.75 Å². The number of hydrogen-bond acceptors (Lipinski definition) is 8. The summed E-state index contributed by atoms with van der Waals surface area (Å²) < 4.78 is 29.8. The molecule has 1 spiro atoms. The maximum Gasteiger partial charge on any atom is 0.347 e. The predicted octanol–water partition coefficient (Wildman–Crippen LogP) is 4.74. The number of carbonyl (C=O) groups is 1. The standard InChI is InChI=1S/C27H38O8/c1-6-29-23(28)18(4)31-20-10-8-19(9-11-20)15-30-24-17(3)22-12-7-16(2)21-13-14-26(5)33-25(32-24)27(21,22)35-34-26/h8-11,16-18,21-22,24-25H,6-7,12-15H2,1-5H3/t16-,17-,18?,21?,22?,24+,25-,26+,27-/m1/s1. The van der Waals surface area contributed by atoms with Crippen LogP contribution in [0.5, 0.6) is 5.75 Å². The Morgan fingerprint density at radius 2 is 1.89 bits per heavy atom. The Bertz CT molecular complexity index is 905. The van der Waals surface area contributed by atoms with E-state index in [0.29, 0.717) is 30.8 Å². The van der Waals surface area contributed by atoms with Gasteiger partial charge in [0.05, 0.1) is 13.2 Å². The Balaban J connectivity index is 1.25. The summed E-state index contributed by atoms with van der Waals surface area (Å²) in [5.74, 6) is 0.663. The highest BCUT2D eigenvalue weighted by Crippen LogP contribution is 2.60. The summed E-state index contributed by atoms with van der Waals surface area (Å²) in [6, 6.07) is 7.54. The molecule has 4 aliphatic heterocycles. The molecule has 0 amide bonds. The van der Waals surface area contributed by atoms with Crippen molar-refractivity contribution in [2.45, 2.75) is 97.0 Å². The third-order valence-corrected chi connectivity index (χ3v) is 8.37. The SMILES string of the molecule is CCOC(=O)C(C)Oc1ccc(CO[C@H]2O[C@@H]3O[C@]4(C)CCC5[C@H](C)CCC([C@H]2C)[C@]53OO4)cc1. The largest absolute Gasteiger partial charge is 0.479 e. The van der Waals surface area contributed by atoms with Crippen LogP contribution in [0, 0.1) is 23.7 Å². The van der Waals surface area contributed by atoms with E-state index >= 15 is 0 Å². The molecule has 3 unspecified atom stereocenters. The molecule has 4 heterocycles. The fourth-order valence-corrected chi connectivity index (χ4v) is 6.42. The first-order valence-electron chi connectivity index (χ1n) is 13.0. The molecule has 194 valence electrons. The Morgan fingerprint density at radius 3 is 2.63 bits per heavy atom. The molecule has 2 bridgehead atoms. The Hall–Kier alpha value is -1.71. The van der Waals surface area contributed by atoms with Gasteiger partial charge in [-0.2, -0.15) is 0 Å². The Kier molecular flexibility index (Phi) is 6.87. The molecule has 4 saturated heterocycles. The fourth-order valence-electron chi connectivity index (χ4n) is 6.42. The average molecular weight is 491 g/mol. The number of carbonyl (C=O) groups excluding carboxylic acids is 1. The molecule has 0 radical (unpaired) electrons. The maximum atomic E-state index is 11.8. The molecule has 1 aromatic rings. The minimum atomic E-state index is -0.792. The minimum absolute atomic E-state index is 0.129. The molecular formula is C27H38O8. The van der Waals surface area contributed by atoms with Gasteiger partial charge >= 0.3 is 5.97 Å². The number of hydrogen-bond donors (Lipinski definition) is 0. The van der Waals surface area contributed by atoms with Gasteiger partial charge < -0.3 is 23.7 Å². The molecule has 1 aromatic carbocycles. The minimum Gasteiger partial charge on any atom is -0.479 e. The van der Waals surface area contributed by atoms with E-state index in [1.54, 1.807) is 13.8 Å². The lowest BCUT2D eigenvalue weighted by atomic mass is 9.58. The summed E-state index contributed by atoms with van der Waals surface area (Å²) in [6.45, 7) is 10.6. The first-order valence-corrected chi connectivity index (χ1v) is 13.0. The van der Waals surface area contributed by atoms with Gasteiger partial charge in [-0.3, -0.25) is 0 Å². The zero-order valence-corrected chi connectivity index (χ0v) is 21.4. The van der Waals surface area contributed by atoms with Gasteiger partial charge in [0.1, 0.15) is 5.75 Å². The van der Waals surface area contributed by atoms with E-state index < -0.39 is 30.1 Å². The first-order chi connectivity index (χ1) is 16.8. The molecule has 1 saturated carbocycles. The number of rotatable bonds is 7. The van der Waals surface area contributed by atoms with E-state index in [4.69, 9.17) is 33.5 Å². The molecule has 8 heteroatoms. The highest BCUT2D eigenvalue weighted by Gasteiger charge is 2.69. The highest BCUT2D eigenvalue weighted by molar-refractivity contribution is 5.74. The third kappa shape index (κ3) is 4.48. The lowest BCUT2D eigenvalue weighted by Gasteiger charge is -2.60. The van der Waals surface area contributed by atoms with Crippen LogP contribution >= 0.6 is 0 Å². The van der Waals surface area contributed by atoms with Crippen molar-refractivity contribution in [2.75, 3.05) is 6.61 Å². The van der Waals surface area contributed by atoms with Crippen LogP contribution in [0.2, 0.25) is 0 Å². The summed E-state index contributed by atoms with van der Waals surface area (Å²) in [5, 5.41) is 0. The van der Waals surface area contributed by atoms with Gasteiger partial charge in [0, 0.05) is 18.3 Å². The normalized spacial score (nSPS) is 40.9. The molecule has 5 fully saturated rings. The highest BCUT2D eigenvalue weighted by atomic mass is 17.3. The zero-order chi connectivity index (χ0) is 24.8. The fraction of sp³-hybridized carbons (Fsp3) is 0.741. The van der Waals surface area contributed by atoms with Gasteiger partial charge in [0.15, 0.2) is 24.3 Å². The number of benzene rings is 1. The summed E-state index contributed by atoms with van der Waals surface area (Å²) in [7, 11) is 0. The van der Waals surface area contributed by atoms with Crippen LogP contribution in [0.1, 0.15) is 65.9 Å². The van der Waals surface area contributed by atoms with Crippen LogP contribution in [0.3, 0.4) is 0 Å². The smallest absolute Gasteiger partial charge is 0.347 e. The number of ether oxygens (including phenoxy) is 5. The van der Waals surface area contributed by atoms with Crippen LogP contribution in [0.4, 0.5) is 0 Å². The molecule has 9 atom stereocenters. The second kappa shape index (κ2) is 9.63. The zero-order valence-electron chi connectivity index (χ0n) is 21.4. The van der Waals surface area contributed by atoms with Gasteiger partial charge in [0.25, 0.3) is 0 Å². The molecule has 0 aromatic heterocycles. The van der Waals surface area contributed by atoms with Crippen LogP contribution in [0.25, 0.3) is 0 Å². The third-order valence-electron chi connectivity index (χ3n) is 8.37. The van der Waals surface area contributed by atoms with Crippen LogP contribution in [0.15, 0.2) is 24.3 Å². The summed E-state index contributed by atoms with van der Waals surface area (Å²) in [5.41, 5.74) is 0.406. The van der Waals surface area contributed by atoms with Gasteiger partial charge in [-0.25, -0.2) is 14.6 Å². The van der Waals surface area contributed by atoms with Crippen molar-refractivity contribution in [2.24, 2.45) is 23.7 Å². The molecule has 0 N–H and O–H groups in total. The van der Waals surface area contributed by atoms with E-state index in [-0.39, 0.29) is 17.8 Å². The maximum absolute atomic E-state index is 11.8. The van der Waals surface area contributed by atoms with Crippen LogP contribution in [-0.4, -0.2) is 42.6 Å². The first kappa shape index (κ1) is 25.0. The molecule has 1 aliphatic carbocycles. The van der Waals surface area contributed by atoms with Crippen molar-refractivity contribution in [3.63, 3.8) is 0 Å². The second-order valence-corrected chi connectivity index (χ2v) is 10.7. The van der Waals surface area contributed by atoms with E-state index in [1.807, 2.05) is 31.2 Å². The summed E-state index contributed by atoms with van der Waals surface area (Å²) >= 11 is 0. The van der Waals surface area contributed by atoms with Gasteiger partial charge in [-0.05, 0) is 69.6 Å². The van der Waals surface area contributed by atoms with Gasteiger partial charge in [0.2, 0.25) is 5.79 Å². The second-order valence-electron chi connectivity index (χ2n) is 10.7. The van der Waals surface area contributed by atoms with Gasteiger partial charge in [-0.1, -0.05) is 26.0 Å². The lowest BCUT2D eigenvalue weighted by Crippen LogP contribution is -2.70. The van der Waals surface area contributed by atoms with Crippen molar-refractivity contribution < 1.29 is 38.3 Å². The molecular weight excluding hydrogens is 452 g/mol. The van der Waals surface area contributed by atoms with E-state index in [2.05, 4.69) is 13.8 Å².